The lowest BCUT2D eigenvalue weighted by Gasteiger charge is -2.16. The van der Waals surface area contributed by atoms with Crippen LogP contribution in [0.5, 0.6) is 0 Å². The fourth-order valence-electron chi connectivity index (χ4n) is 1.10. The van der Waals surface area contributed by atoms with Crippen molar-refractivity contribution in [1.29, 1.82) is 0 Å². The lowest BCUT2D eigenvalue weighted by Crippen LogP contribution is -2.30. The molecule has 0 aliphatic carbocycles. The van der Waals surface area contributed by atoms with Gasteiger partial charge in [-0.05, 0) is 0 Å². The molecule has 1 rings (SSSR count). The Hall–Kier alpha value is -1.25. The highest BCUT2D eigenvalue weighted by atomic mass is 32.2. The Kier molecular flexibility index (Phi) is 4.79. The maximum Gasteiger partial charge on any atom is 0.245 e. The van der Waals surface area contributed by atoms with Crippen LogP contribution in [0.25, 0.3) is 0 Å². The van der Waals surface area contributed by atoms with E-state index in [1.165, 1.54) is 30.9 Å². The zero-order chi connectivity index (χ0) is 12.9. The summed E-state index contributed by atoms with van der Waals surface area (Å²) in [6.07, 6.45) is 2.55. The zero-order valence-corrected chi connectivity index (χ0v) is 10.9. The molecule has 1 aromatic heterocycles. The van der Waals surface area contributed by atoms with E-state index < -0.39 is 10.0 Å². The molecule has 1 heterocycles. The van der Waals surface area contributed by atoms with E-state index in [2.05, 4.69) is 15.3 Å². The highest BCUT2D eigenvalue weighted by Crippen LogP contribution is 2.12. The Labute approximate surface area is 101 Å². The summed E-state index contributed by atoms with van der Waals surface area (Å²) in [7, 11) is 1.13. The van der Waals surface area contributed by atoms with E-state index in [1.807, 2.05) is 0 Å². The minimum absolute atomic E-state index is 0.0649. The van der Waals surface area contributed by atoms with Crippen molar-refractivity contribution in [3.05, 3.63) is 12.4 Å². The quantitative estimate of drug-likeness (QED) is 0.761. The molecule has 7 nitrogen and oxygen atoms in total. The van der Waals surface area contributed by atoms with E-state index in [9.17, 15) is 8.42 Å². The van der Waals surface area contributed by atoms with Crippen molar-refractivity contribution in [1.82, 2.24) is 14.3 Å². The van der Waals surface area contributed by atoms with Crippen molar-refractivity contribution < 1.29 is 13.2 Å². The van der Waals surface area contributed by atoms with Gasteiger partial charge in [-0.25, -0.2) is 18.4 Å². The van der Waals surface area contributed by atoms with Crippen LogP contribution in [0, 0.1) is 0 Å². The predicted octanol–water partition coefficient (Wildman–Crippen LogP) is -0.215. The third kappa shape index (κ3) is 3.35. The summed E-state index contributed by atoms with van der Waals surface area (Å²) in [5.74, 6) is 0.378. The number of aromatic nitrogens is 2. The number of ether oxygens (including phenoxy) is 1. The molecule has 0 radical (unpaired) electrons. The topological polar surface area (TPSA) is 84.4 Å². The van der Waals surface area contributed by atoms with Crippen molar-refractivity contribution in [2.24, 2.45) is 0 Å². The van der Waals surface area contributed by atoms with Gasteiger partial charge in [0.25, 0.3) is 0 Å². The standard InChI is InChI=1S/C9H16N4O3S/c1-10-9-11-6-8(7-12-9)17(14,15)13(2)4-5-16-3/h6-7H,4-5H2,1-3H3,(H,10,11,12). The predicted molar refractivity (Wildman–Crippen MR) is 63.3 cm³/mol. The largest absolute Gasteiger partial charge is 0.383 e. The Bertz CT molecular complexity index is 446. The van der Waals surface area contributed by atoms with Crippen molar-refractivity contribution in [3.63, 3.8) is 0 Å². The van der Waals surface area contributed by atoms with E-state index >= 15 is 0 Å². The lowest BCUT2D eigenvalue weighted by molar-refractivity contribution is 0.185. The van der Waals surface area contributed by atoms with Crippen LogP contribution in [0.3, 0.4) is 0 Å². The number of likely N-dealkylation sites (N-methyl/N-ethyl adjacent to an activating group) is 1. The average molecular weight is 260 g/mol. The smallest absolute Gasteiger partial charge is 0.245 e. The van der Waals surface area contributed by atoms with Gasteiger partial charge in [0.1, 0.15) is 4.90 Å². The van der Waals surface area contributed by atoms with Gasteiger partial charge in [0.05, 0.1) is 19.0 Å². The molecule has 0 amide bonds. The number of hydrogen-bond donors (Lipinski definition) is 1. The summed E-state index contributed by atoms with van der Waals surface area (Å²) in [4.78, 5) is 7.80. The number of hydrogen-bond acceptors (Lipinski definition) is 6. The maximum absolute atomic E-state index is 12.0. The van der Waals surface area contributed by atoms with Crippen LogP contribution >= 0.6 is 0 Å². The van der Waals surface area contributed by atoms with Crippen molar-refractivity contribution >= 4 is 16.0 Å². The first-order chi connectivity index (χ1) is 8.02. The molecular formula is C9H16N4O3S. The minimum atomic E-state index is -3.54. The summed E-state index contributed by atoms with van der Waals surface area (Å²) >= 11 is 0. The van der Waals surface area contributed by atoms with Gasteiger partial charge in [0.2, 0.25) is 16.0 Å². The molecule has 0 fully saturated rings. The molecule has 0 spiro atoms. The number of nitrogens with one attached hydrogen (secondary N) is 1. The molecule has 0 atom stereocenters. The summed E-state index contributed by atoms with van der Waals surface area (Å²) in [6.45, 7) is 0.623. The molecule has 0 saturated heterocycles. The lowest BCUT2D eigenvalue weighted by atomic mass is 10.7. The second kappa shape index (κ2) is 5.89. The normalized spacial score (nSPS) is 11.8. The van der Waals surface area contributed by atoms with Crippen LogP contribution < -0.4 is 5.32 Å². The first-order valence-corrected chi connectivity index (χ1v) is 6.41. The van der Waals surface area contributed by atoms with Gasteiger partial charge in [-0.3, -0.25) is 0 Å². The summed E-state index contributed by atoms with van der Waals surface area (Å²) in [5.41, 5.74) is 0. The first-order valence-electron chi connectivity index (χ1n) is 4.97. The van der Waals surface area contributed by atoms with E-state index in [0.29, 0.717) is 12.6 Å². The number of nitrogens with zero attached hydrogens (tertiary/aromatic N) is 3. The highest BCUT2D eigenvalue weighted by Gasteiger charge is 2.21. The molecule has 0 bridgehead atoms. The third-order valence-corrected chi connectivity index (χ3v) is 3.98. The van der Waals surface area contributed by atoms with Gasteiger partial charge in [-0.1, -0.05) is 0 Å². The second-order valence-electron chi connectivity index (χ2n) is 3.31. The summed E-state index contributed by atoms with van der Waals surface area (Å²) in [5, 5.41) is 2.72. The fourth-order valence-corrected chi connectivity index (χ4v) is 2.15. The van der Waals surface area contributed by atoms with E-state index in [-0.39, 0.29) is 11.4 Å². The van der Waals surface area contributed by atoms with Crippen LogP contribution in [0.4, 0.5) is 5.95 Å². The van der Waals surface area contributed by atoms with E-state index in [1.54, 1.807) is 7.05 Å². The number of methoxy groups -OCH3 is 1. The molecule has 0 aliphatic heterocycles. The van der Waals surface area contributed by atoms with Crippen molar-refractivity contribution in [2.75, 3.05) is 39.7 Å². The molecule has 1 N–H and O–H groups in total. The fraction of sp³-hybridized carbons (Fsp3) is 0.556. The molecular weight excluding hydrogens is 244 g/mol. The third-order valence-electron chi connectivity index (χ3n) is 2.17. The Morgan fingerprint density at radius 1 is 1.41 bits per heavy atom. The van der Waals surface area contributed by atoms with Crippen molar-refractivity contribution in [3.8, 4) is 0 Å². The summed E-state index contributed by atoms with van der Waals surface area (Å²) < 4.78 is 30.1. The first kappa shape index (κ1) is 13.8. The second-order valence-corrected chi connectivity index (χ2v) is 5.36. The molecule has 0 saturated carbocycles. The monoisotopic (exact) mass is 260 g/mol. The van der Waals surface area contributed by atoms with E-state index in [4.69, 9.17) is 4.74 Å². The van der Waals surface area contributed by atoms with Gasteiger partial charge >= 0.3 is 0 Å². The molecule has 0 aromatic carbocycles. The van der Waals surface area contributed by atoms with Gasteiger partial charge < -0.3 is 10.1 Å². The van der Waals surface area contributed by atoms with Gasteiger partial charge in [-0.2, -0.15) is 4.31 Å². The van der Waals surface area contributed by atoms with E-state index in [0.717, 1.165) is 0 Å². The number of anilines is 1. The molecule has 1 aromatic rings. The van der Waals surface area contributed by atoms with Crippen LogP contribution in [-0.2, 0) is 14.8 Å². The van der Waals surface area contributed by atoms with Gasteiger partial charge in [-0.15, -0.1) is 0 Å². The Morgan fingerprint density at radius 3 is 2.47 bits per heavy atom. The minimum Gasteiger partial charge on any atom is -0.383 e. The van der Waals surface area contributed by atoms with Crippen LogP contribution in [-0.4, -0.2) is 57.0 Å². The Balaban J connectivity index is 2.88. The highest BCUT2D eigenvalue weighted by molar-refractivity contribution is 7.89. The molecule has 96 valence electrons. The van der Waals surface area contributed by atoms with Gasteiger partial charge in [0, 0.05) is 27.7 Å². The van der Waals surface area contributed by atoms with Crippen LogP contribution in [0.2, 0.25) is 0 Å². The van der Waals surface area contributed by atoms with Gasteiger partial charge in [0.15, 0.2) is 0 Å². The molecule has 0 unspecified atom stereocenters. The Morgan fingerprint density at radius 2 is 2.00 bits per heavy atom. The van der Waals surface area contributed by atoms with Crippen LogP contribution in [0.1, 0.15) is 0 Å². The average Bonchev–Trinajstić information content (AvgIpc) is 2.35. The summed E-state index contributed by atoms with van der Waals surface area (Å²) in [6, 6.07) is 0. The molecule has 0 aliphatic rings. The maximum atomic E-state index is 12.0. The number of rotatable bonds is 6. The number of sulfonamides is 1. The SMILES string of the molecule is CNc1ncc(S(=O)(=O)N(C)CCOC)cn1. The zero-order valence-electron chi connectivity index (χ0n) is 10.0. The van der Waals surface area contributed by atoms with Crippen LogP contribution in [0.15, 0.2) is 17.3 Å². The molecule has 8 heteroatoms. The molecule has 17 heavy (non-hydrogen) atoms. The van der Waals surface area contributed by atoms with Crippen molar-refractivity contribution in [2.45, 2.75) is 4.90 Å².